The first-order valence-electron chi connectivity index (χ1n) is 5.55. The van der Waals surface area contributed by atoms with E-state index in [1.54, 1.807) is 30.3 Å². The fraction of sp³-hybridized carbons (Fsp3) is 0.231. The number of nitrogens with zero attached hydrogens (tertiary/aromatic N) is 1. The molecule has 1 heterocycles. The molecule has 0 aromatic heterocycles. The van der Waals surface area contributed by atoms with Gasteiger partial charge in [0, 0.05) is 6.54 Å². The minimum Gasteiger partial charge on any atom is -0.478 e. The summed E-state index contributed by atoms with van der Waals surface area (Å²) in [6.07, 6.45) is 2.20. The molecule has 1 amide bonds. The largest absolute Gasteiger partial charge is 0.478 e. The molecule has 0 unspecified atom stereocenters. The average Bonchev–Trinajstić information content (AvgIpc) is 2.38. The van der Waals surface area contributed by atoms with Crippen LogP contribution in [0.1, 0.15) is 16.8 Å². The van der Waals surface area contributed by atoms with E-state index >= 15 is 0 Å². The lowest BCUT2D eigenvalue weighted by molar-refractivity contribution is -0.132. The van der Waals surface area contributed by atoms with Crippen LogP contribution in [0.25, 0.3) is 0 Å². The Bertz CT molecular complexity index is 525. The fourth-order valence-corrected chi connectivity index (χ4v) is 2.09. The second-order valence-corrected chi connectivity index (χ2v) is 4.44. The molecule has 0 aliphatic carbocycles. The van der Waals surface area contributed by atoms with Gasteiger partial charge in [-0.1, -0.05) is 29.8 Å². The molecule has 1 N–H and O–H groups in total. The first kappa shape index (κ1) is 12.6. The SMILES string of the molecule is O=C(O)C1=CCCN(C(=O)c2ccccc2Cl)C1. The van der Waals surface area contributed by atoms with Crippen LogP contribution in [-0.2, 0) is 4.79 Å². The van der Waals surface area contributed by atoms with Crippen molar-refractivity contribution < 1.29 is 14.7 Å². The summed E-state index contributed by atoms with van der Waals surface area (Å²) in [6.45, 7) is 0.639. The molecular weight excluding hydrogens is 254 g/mol. The van der Waals surface area contributed by atoms with E-state index in [0.717, 1.165) is 0 Å². The molecule has 1 aliphatic rings. The summed E-state index contributed by atoms with van der Waals surface area (Å²) in [5.41, 5.74) is 0.660. The van der Waals surface area contributed by atoms with Gasteiger partial charge in [0.1, 0.15) is 0 Å². The molecule has 0 bridgehead atoms. The van der Waals surface area contributed by atoms with Gasteiger partial charge in [0.2, 0.25) is 0 Å². The van der Waals surface area contributed by atoms with Gasteiger partial charge < -0.3 is 10.0 Å². The summed E-state index contributed by atoms with van der Waals surface area (Å²) in [5.74, 6) is -1.21. The van der Waals surface area contributed by atoms with Crippen LogP contribution in [0.15, 0.2) is 35.9 Å². The van der Waals surface area contributed by atoms with E-state index in [9.17, 15) is 9.59 Å². The van der Waals surface area contributed by atoms with Gasteiger partial charge >= 0.3 is 5.97 Å². The van der Waals surface area contributed by atoms with E-state index in [1.165, 1.54) is 4.90 Å². The average molecular weight is 266 g/mol. The summed E-state index contributed by atoms with van der Waals surface area (Å²) in [5, 5.41) is 9.31. The zero-order chi connectivity index (χ0) is 13.1. The van der Waals surface area contributed by atoms with Crippen LogP contribution >= 0.6 is 11.6 Å². The van der Waals surface area contributed by atoms with Crippen LogP contribution in [-0.4, -0.2) is 35.0 Å². The second-order valence-electron chi connectivity index (χ2n) is 4.03. The van der Waals surface area contributed by atoms with Crippen molar-refractivity contribution in [3.63, 3.8) is 0 Å². The van der Waals surface area contributed by atoms with E-state index in [0.29, 0.717) is 23.6 Å². The van der Waals surface area contributed by atoms with E-state index in [-0.39, 0.29) is 18.0 Å². The molecule has 1 aliphatic heterocycles. The van der Waals surface area contributed by atoms with Crippen molar-refractivity contribution in [1.82, 2.24) is 4.90 Å². The Morgan fingerprint density at radius 2 is 2.00 bits per heavy atom. The smallest absolute Gasteiger partial charge is 0.333 e. The Kier molecular flexibility index (Phi) is 3.67. The van der Waals surface area contributed by atoms with E-state index in [4.69, 9.17) is 16.7 Å². The number of halogens is 1. The number of carbonyl (C=O) groups excluding carboxylic acids is 1. The van der Waals surface area contributed by atoms with E-state index in [2.05, 4.69) is 0 Å². The third kappa shape index (κ3) is 2.54. The van der Waals surface area contributed by atoms with Gasteiger partial charge in [0.15, 0.2) is 0 Å². The highest BCUT2D eigenvalue weighted by Gasteiger charge is 2.23. The van der Waals surface area contributed by atoms with Crippen LogP contribution < -0.4 is 0 Å². The predicted octanol–water partition coefficient (Wildman–Crippen LogP) is 2.20. The Balaban J connectivity index is 2.19. The molecule has 0 spiro atoms. The Morgan fingerprint density at radius 3 is 2.67 bits per heavy atom. The highest BCUT2D eigenvalue weighted by atomic mass is 35.5. The Hall–Kier alpha value is -1.81. The number of hydrogen-bond acceptors (Lipinski definition) is 2. The van der Waals surface area contributed by atoms with Crippen molar-refractivity contribution in [2.45, 2.75) is 6.42 Å². The van der Waals surface area contributed by atoms with Gasteiger partial charge in [-0.15, -0.1) is 0 Å². The van der Waals surface area contributed by atoms with Crippen LogP contribution in [0, 0.1) is 0 Å². The van der Waals surface area contributed by atoms with Gasteiger partial charge in [-0.2, -0.15) is 0 Å². The standard InChI is InChI=1S/C13H12ClNO3/c14-11-6-2-1-5-10(11)12(16)15-7-3-4-9(8-15)13(17)18/h1-2,4-6H,3,7-8H2,(H,17,18). The molecule has 94 valence electrons. The lowest BCUT2D eigenvalue weighted by Gasteiger charge is -2.26. The number of rotatable bonds is 2. The molecule has 4 nitrogen and oxygen atoms in total. The Morgan fingerprint density at radius 1 is 1.28 bits per heavy atom. The maximum atomic E-state index is 12.2. The third-order valence-electron chi connectivity index (χ3n) is 2.82. The highest BCUT2D eigenvalue weighted by molar-refractivity contribution is 6.33. The topological polar surface area (TPSA) is 57.6 Å². The molecule has 0 saturated carbocycles. The van der Waals surface area contributed by atoms with Gasteiger partial charge in [0.05, 0.1) is 22.7 Å². The van der Waals surface area contributed by atoms with Crippen LogP contribution in [0.4, 0.5) is 0 Å². The van der Waals surface area contributed by atoms with Gasteiger partial charge in [-0.25, -0.2) is 4.79 Å². The van der Waals surface area contributed by atoms with E-state index < -0.39 is 5.97 Å². The summed E-state index contributed by atoms with van der Waals surface area (Å²) in [6, 6.07) is 6.77. The number of amides is 1. The normalized spacial score (nSPS) is 15.2. The zero-order valence-electron chi connectivity index (χ0n) is 9.60. The van der Waals surface area contributed by atoms with Gasteiger partial charge in [0.25, 0.3) is 5.91 Å². The summed E-state index contributed by atoms with van der Waals surface area (Å²) >= 11 is 5.96. The van der Waals surface area contributed by atoms with Crippen LogP contribution in [0.5, 0.6) is 0 Å². The van der Waals surface area contributed by atoms with Crippen LogP contribution in [0.3, 0.4) is 0 Å². The molecule has 0 saturated heterocycles. The van der Waals surface area contributed by atoms with Gasteiger partial charge in [-0.05, 0) is 18.6 Å². The first-order chi connectivity index (χ1) is 8.59. The molecular formula is C13H12ClNO3. The maximum Gasteiger partial charge on any atom is 0.333 e. The molecule has 2 rings (SSSR count). The lowest BCUT2D eigenvalue weighted by Crippen LogP contribution is -2.37. The highest BCUT2D eigenvalue weighted by Crippen LogP contribution is 2.19. The van der Waals surface area contributed by atoms with Crippen molar-refractivity contribution in [1.29, 1.82) is 0 Å². The second kappa shape index (κ2) is 5.23. The predicted molar refractivity (Wildman–Crippen MR) is 67.7 cm³/mol. The number of aliphatic carboxylic acids is 1. The quantitative estimate of drug-likeness (QED) is 0.892. The monoisotopic (exact) mass is 265 g/mol. The third-order valence-corrected chi connectivity index (χ3v) is 3.15. The number of carbonyl (C=O) groups is 2. The summed E-state index contributed by atoms with van der Waals surface area (Å²) < 4.78 is 0. The first-order valence-corrected chi connectivity index (χ1v) is 5.93. The minimum atomic E-state index is -0.980. The van der Waals surface area contributed by atoms with Crippen molar-refractivity contribution in [2.75, 3.05) is 13.1 Å². The van der Waals surface area contributed by atoms with Gasteiger partial charge in [-0.3, -0.25) is 4.79 Å². The summed E-state index contributed by atoms with van der Waals surface area (Å²) in [7, 11) is 0. The lowest BCUT2D eigenvalue weighted by atomic mass is 10.1. The molecule has 0 atom stereocenters. The molecule has 1 aromatic rings. The van der Waals surface area contributed by atoms with Crippen molar-refractivity contribution >= 4 is 23.5 Å². The van der Waals surface area contributed by atoms with Crippen molar-refractivity contribution in [2.24, 2.45) is 0 Å². The number of carboxylic acids is 1. The maximum absolute atomic E-state index is 12.2. The van der Waals surface area contributed by atoms with Crippen molar-refractivity contribution in [3.8, 4) is 0 Å². The number of benzene rings is 1. The fourth-order valence-electron chi connectivity index (χ4n) is 1.88. The Labute approximate surface area is 109 Å². The van der Waals surface area contributed by atoms with Crippen molar-refractivity contribution in [3.05, 3.63) is 46.5 Å². The summed E-state index contributed by atoms with van der Waals surface area (Å²) in [4.78, 5) is 24.6. The molecule has 18 heavy (non-hydrogen) atoms. The number of hydrogen-bond donors (Lipinski definition) is 1. The molecule has 5 heteroatoms. The van der Waals surface area contributed by atoms with E-state index in [1.807, 2.05) is 0 Å². The number of carboxylic acid groups (broad SMARTS) is 1. The minimum absolute atomic E-state index is 0.124. The molecule has 0 fully saturated rings. The van der Waals surface area contributed by atoms with Crippen LogP contribution in [0.2, 0.25) is 5.02 Å². The molecule has 1 aromatic carbocycles. The zero-order valence-corrected chi connectivity index (χ0v) is 10.4. The molecule has 0 radical (unpaired) electrons.